The summed E-state index contributed by atoms with van der Waals surface area (Å²) >= 11 is 0. The number of likely N-dealkylation sites (tertiary alicyclic amines) is 1. The second-order valence-corrected chi connectivity index (χ2v) is 6.90. The molecule has 0 bridgehead atoms. The lowest BCUT2D eigenvalue weighted by Gasteiger charge is -2.41. The molecule has 1 amide bonds. The summed E-state index contributed by atoms with van der Waals surface area (Å²) in [5.74, 6) is 0.189. The smallest absolute Gasteiger partial charge is 0.410 e. The lowest BCUT2D eigenvalue weighted by atomic mass is 10.1. The average Bonchev–Trinajstić information content (AvgIpc) is 2.45. The topological polar surface area (TPSA) is 65.1 Å². The predicted octanol–water partition coefficient (Wildman–Crippen LogP) is 3.17. The summed E-state index contributed by atoms with van der Waals surface area (Å²) in [6.07, 6.45) is 0.552. The van der Waals surface area contributed by atoms with E-state index in [0.29, 0.717) is 24.5 Å². The van der Waals surface area contributed by atoms with Gasteiger partial charge in [0.2, 0.25) is 0 Å². The number of hydrogen-bond donors (Lipinski definition) is 0. The second-order valence-electron chi connectivity index (χ2n) is 6.90. The molecule has 1 heterocycles. The van der Waals surface area contributed by atoms with Crippen molar-refractivity contribution < 1.29 is 23.8 Å². The molecule has 6 nitrogen and oxygen atoms in total. The van der Waals surface area contributed by atoms with Crippen molar-refractivity contribution in [1.29, 1.82) is 0 Å². The summed E-state index contributed by atoms with van der Waals surface area (Å²) in [5.41, 5.74) is 0.797. The van der Waals surface area contributed by atoms with Gasteiger partial charge in [-0.2, -0.15) is 0 Å². The SMILES string of the molecule is COC(=O)c1cc(OC[C@H]2CCN2C(=O)OC(C)(C)C)ccc1C. The molecule has 0 saturated carbocycles. The number of amides is 1. The van der Waals surface area contributed by atoms with E-state index >= 15 is 0 Å². The second kappa shape index (κ2) is 7.11. The van der Waals surface area contributed by atoms with Gasteiger partial charge in [-0.25, -0.2) is 9.59 Å². The van der Waals surface area contributed by atoms with E-state index in [9.17, 15) is 9.59 Å². The highest BCUT2D eigenvalue weighted by Crippen LogP contribution is 2.24. The van der Waals surface area contributed by atoms with Crippen LogP contribution < -0.4 is 4.74 Å². The van der Waals surface area contributed by atoms with Crippen LogP contribution in [0, 0.1) is 6.92 Å². The molecule has 0 radical (unpaired) electrons. The molecule has 1 atom stereocenters. The predicted molar refractivity (Wildman–Crippen MR) is 89.4 cm³/mol. The maximum absolute atomic E-state index is 12.1. The van der Waals surface area contributed by atoms with Crippen molar-refractivity contribution in [3.63, 3.8) is 0 Å². The zero-order chi connectivity index (χ0) is 17.9. The minimum Gasteiger partial charge on any atom is -0.491 e. The van der Waals surface area contributed by atoms with Crippen LogP contribution in [-0.4, -0.2) is 48.9 Å². The Balaban J connectivity index is 1.94. The first-order valence-electron chi connectivity index (χ1n) is 8.02. The number of carbonyl (C=O) groups excluding carboxylic acids is 2. The molecule has 0 N–H and O–H groups in total. The number of ether oxygens (including phenoxy) is 3. The van der Waals surface area contributed by atoms with E-state index < -0.39 is 11.6 Å². The number of benzene rings is 1. The van der Waals surface area contributed by atoms with Crippen LogP contribution >= 0.6 is 0 Å². The van der Waals surface area contributed by atoms with Crippen molar-refractivity contribution in [3.8, 4) is 5.75 Å². The fourth-order valence-electron chi connectivity index (χ4n) is 2.39. The normalized spacial score (nSPS) is 17.0. The zero-order valence-corrected chi connectivity index (χ0v) is 14.9. The van der Waals surface area contributed by atoms with Crippen molar-refractivity contribution in [2.75, 3.05) is 20.3 Å². The van der Waals surface area contributed by atoms with Crippen molar-refractivity contribution in [3.05, 3.63) is 29.3 Å². The summed E-state index contributed by atoms with van der Waals surface area (Å²) in [4.78, 5) is 25.5. The van der Waals surface area contributed by atoms with E-state index in [-0.39, 0.29) is 12.1 Å². The molecule has 1 aromatic carbocycles. The molecule has 2 rings (SSSR count). The molecule has 0 unspecified atom stereocenters. The first-order valence-corrected chi connectivity index (χ1v) is 8.02. The van der Waals surface area contributed by atoms with Gasteiger partial charge in [-0.05, 0) is 51.8 Å². The highest BCUT2D eigenvalue weighted by Gasteiger charge is 2.35. The molecular formula is C18H25NO5. The number of rotatable bonds is 4. The Hall–Kier alpha value is -2.24. The lowest BCUT2D eigenvalue weighted by Crippen LogP contribution is -2.55. The standard InChI is InChI=1S/C18H25NO5/c1-12-6-7-14(10-15(12)16(20)22-5)23-11-13-8-9-19(13)17(21)24-18(2,3)4/h6-7,10,13H,8-9,11H2,1-5H3/t13-/m1/s1. The molecule has 1 aliphatic heterocycles. The third kappa shape index (κ3) is 4.40. The van der Waals surface area contributed by atoms with Gasteiger partial charge in [-0.15, -0.1) is 0 Å². The summed E-state index contributed by atoms with van der Waals surface area (Å²) < 4.78 is 15.9. The molecule has 0 aromatic heterocycles. The van der Waals surface area contributed by atoms with Gasteiger partial charge in [0.05, 0.1) is 18.7 Å². The average molecular weight is 335 g/mol. The van der Waals surface area contributed by atoms with Crippen LogP contribution in [0.1, 0.15) is 43.1 Å². The molecule has 1 aromatic rings. The van der Waals surface area contributed by atoms with Gasteiger partial charge in [0, 0.05) is 6.54 Å². The largest absolute Gasteiger partial charge is 0.491 e. The van der Waals surface area contributed by atoms with Crippen molar-refractivity contribution in [2.24, 2.45) is 0 Å². The van der Waals surface area contributed by atoms with Gasteiger partial charge in [0.1, 0.15) is 18.0 Å². The van der Waals surface area contributed by atoms with E-state index in [0.717, 1.165) is 12.0 Å². The maximum atomic E-state index is 12.1. The summed E-state index contributed by atoms with van der Waals surface area (Å²) in [6, 6.07) is 5.27. The minimum absolute atomic E-state index is 0.0114. The Labute approximate surface area is 142 Å². The number of methoxy groups -OCH3 is 1. The third-order valence-electron chi connectivity index (χ3n) is 3.83. The van der Waals surface area contributed by atoms with Crippen LogP contribution in [-0.2, 0) is 9.47 Å². The van der Waals surface area contributed by atoms with Crippen molar-refractivity contribution in [2.45, 2.75) is 45.8 Å². The molecular weight excluding hydrogens is 310 g/mol. The number of esters is 1. The molecule has 1 saturated heterocycles. The van der Waals surface area contributed by atoms with E-state index in [1.807, 2.05) is 33.8 Å². The number of nitrogens with zero attached hydrogens (tertiary/aromatic N) is 1. The van der Waals surface area contributed by atoms with Gasteiger partial charge in [-0.3, -0.25) is 0 Å². The fourth-order valence-corrected chi connectivity index (χ4v) is 2.39. The summed E-state index contributed by atoms with van der Waals surface area (Å²) in [7, 11) is 1.35. The Morgan fingerprint density at radius 3 is 2.54 bits per heavy atom. The molecule has 0 spiro atoms. The first kappa shape index (κ1) is 18.1. The summed E-state index contributed by atoms with van der Waals surface area (Å²) in [6.45, 7) is 8.41. The number of carbonyl (C=O) groups is 2. The lowest BCUT2D eigenvalue weighted by molar-refractivity contribution is -0.0141. The van der Waals surface area contributed by atoms with Crippen LogP contribution in [0.25, 0.3) is 0 Å². The van der Waals surface area contributed by atoms with E-state index in [4.69, 9.17) is 14.2 Å². The quantitative estimate of drug-likeness (QED) is 0.791. The monoisotopic (exact) mass is 335 g/mol. The van der Waals surface area contributed by atoms with E-state index in [1.54, 1.807) is 17.0 Å². The molecule has 6 heteroatoms. The third-order valence-corrected chi connectivity index (χ3v) is 3.83. The first-order chi connectivity index (χ1) is 11.2. The van der Waals surface area contributed by atoms with E-state index in [1.165, 1.54) is 7.11 Å². The summed E-state index contributed by atoms with van der Waals surface area (Å²) in [5, 5.41) is 0. The van der Waals surface area contributed by atoms with Gasteiger partial charge < -0.3 is 19.1 Å². The Morgan fingerprint density at radius 1 is 1.29 bits per heavy atom. The fraction of sp³-hybridized carbons (Fsp3) is 0.556. The highest BCUT2D eigenvalue weighted by atomic mass is 16.6. The van der Waals surface area contributed by atoms with Crippen LogP contribution in [0.15, 0.2) is 18.2 Å². The maximum Gasteiger partial charge on any atom is 0.410 e. The Morgan fingerprint density at radius 2 is 2.00 bits per heavy atom. The van der Waals surface area contributed by atoms with E-state index in [2.05, 4.69) is 0 Å². The highest BCUT2D eigenvalue weighted by molar-refractivity contribution is 5.91. The van der Waals surface area contributed by atoms with Crippen molar-refractivity contribution >= 4 is 12.1 Å². The van der Waals surface area contributed by atoms with Crippen LogP contribution in [0.5, 0.6) is 5.75 Å². The number of hydrogen-bond acceptors (Lipinski definition) is 5. The van der Waals surface area contributed by atoms with Crippen LogP contribution in [0.4, 0.5) is 4.79 Å². The zero-order valence-electron chi connectivity index (χ0n) is 14.9. The van der Waals surface area contributed by atoms with Crippen LogP contribution in [0.2, 0.25) is 0 Å². The molecule has 0 aliphatic carbocycles. The van der Waals surface area contributed by atoms with Gasteiger partial charge in [-0.1, -0.05) is 6.07 Å². The van der Waals surface area contributed by atoms with Crippen molar-refractivity contribution in [1.82, 2.24) is 4.90 Å². The molecule has 132 valence electrons. The minimum atomic E-state index is -0.509. The molecule has 1 fully saturated rings. The van der Waals surface area contributed by atoms with Gasteiger partial charge in [0.15, 0.2) is 0 Å². The molecule has 1 aliphatic rings. The van der Waals surface area contributed by atoms with Crippen LogP contribution in [0.3, 0.4) is 0 Å². The number of aryl methyl sites for hydroxylation is 1. The van der Waals surface area contributed by atoms with Gasteiger partial charge >= 0.3 is 12.1 Å². The molecule has 24 heavy (non-hydrogen) atoms. The Kier molecular flexibility index (Phi) is 5.36. The Bertz CT molecular complexity index is 620. The van der Waals surface area contributed by atoms with Gasteiger partial charge in [0.25, 0.3) is 0 Å².